The Bertz CT molecular complexity index is 164. The maximum absolute atomic E-state index is 9.74. The van der Waals surface area contributed by atoms with Crippen molar-refractivity contribution >= 4 is 51.6 Å². The minimum Gasteiger partial charge on any atom is -1.00 e. The van der Waals surface area contributed by atoms with E-state index in [0.29, 0.717) is 0 Å². The number of hydroxylamine groups is 1. The molecule has 0 aliphatic heterocycles. The predicted octanol–water partition coefficient (Wildman–Crippen LogP) is -1.31. The third-order valence-electron chi connectivity index (χ3n) is 0.265. The number of primary amides is 1. The maximum atomic E-state index is 9.74. The quantitative estimate of drug-likeness (QED) is 0.218. The normalized spacial score (nSPS) is 8.91. The molecule has 0 aliphatic carbocycles. The molecule has 0 unspecified atom stereocenters. The Kier molecular flexibility index (Phi) is 11.6. The number of phosphoric acid groups is 1. The van der Waals surface area contributed by atoms with Crippen molar-refractivity contribution in [1.82, 2.24) is 11.6 Å². The molecule has 0 spiro atoms. The van der Waals surface area contributed by atoms with Crippen LogP contribution in [0.15, 0.2) is 0 Å². The van der Waals surface area contributed by atoms with Gasteiger partial charge in [0, 0.05) is 0 Å². The van der Waals surface area contributed by atoms with Crippen LogP contribution in [0.2, 0.25) is 0 Å². The average Bonchev–Trinajstić information content (AvgIpc) is 1.59. The molecule has 2 amide bonds. The zero-order valence-electron chi connectivity index (χ0n) is 7.56. The molecule has 0 aromatic carbocycles. The van der Waals surface area contributed by atoms with Crippen LogP contribution >= 0.6 is 7.82 Å². The van der Waals surface area contributed by atoms with Gasteiger partial charge in [0.1, 0.15) is 0 Å². The number of carbonyl (C=O) groups is 1. The standard InChI is InChI=1S/CH5N2O5P.Ca.H3N.2H/c2-1(4)3-8-9(5,6)7;;;;/h(H3,2,3,4)(H2,5,6,7);;1H3;;/q;+2;;2*-1. The van der Waals surface area contributed by atoms with Crippen molar-refractivity contribution in [2.75, 3.05) is 0 Å². The summed E-state index contributed by atoms with van der Waals surface area (Å²) in [7, 11) is -4.63. The first-order chi connectivity index (χ1) is 3.92. The minimum atomic E-state index is -4.63. The van der Waals surface area contributed by atoms with E-state index >= 15 is 0 Å². The summed E-state index contributed by atoms with van der Waals surface area (Å²) in [6.07, 6.45) is 0. The second kappa shape index (κ2) is 7.26. The van der Waals surface area contributed by atoms with Crippen molar-refractivity contribution in [3.63, 3.8) is 0 Å². The molecular weight excluding hydrogens is 205 g/mol. The van der Waals surface area contributed by atoms with Crippen LogP contribution < -0.4 is 17.4 Å². The Hall–Kier alpha value is 0.600. The Labute approximate surface area is 95.2 Å². The molecule has 66 valence electrons. The van der Waals surface area contributed by atoms with E-state index < -0.39 is 13.9 Å². The van der Waals surface area contributed by atoms with Crippen LogP contribution in [0.5, 0.6) is 0 Å². The van der Waals surface area contributed by atoms with Crippen LogP contribution in [0.25, 0.3) is 0 Å². The maximum Gasteiger partial charge on any atom is 2.00 e. The summed E-state index contributed by atoms with van der Waals surface area (Å²) in [6.45, 7) is 0. The summed E-state index contributed by atoms with van der Waals surface area (Å²) < 4.78 is 13.2. The molecule has 10 heteroatoms. The molecule has 0 bridgehead atoms. The zero-order valence-corrected chi connectivity index (χ0v) is 8.66. The Balaban J connectivity index is -0.0000000533. The van der Waals surface area contributed by atoms with E-state index in [-0.39, 0.29) is 46.7 Å². The zero-order chi connectivity index (χ0) is 7.49. The molecule has 0 aromatic heterocycles. The molecule has 0 radical (unpaired) electrons. The molecule has 11 heavy (non-hydrogen) atoms. The van der Waals surface area contributed by atoms with Crippen molar-refractivity contribution in [1.29, 1.82) is 0 Å². The Morgan fingerprint density at radius 2 is 2.00 bits per heavy atom. The molecule has 0 aliphatic rings. The van der Waals surface area contributed by atoms with Gasteiger partial charge in [-0.3, -0.25) is 0 Å². The van der Waals surface area contributed by atoms with Gasteiger partial charge in [-0.2, -0.15) is 4.62 Å². The number of rotatable bonds is 2. The van der Waals surface area contributed by atoms with E-state index in [4.69, 9.17) is 9.79 Å². The summed E-state index contributed by atoms with van der Waals surface area (Å²) >= 11 is 0. The molecule has 8 nitrogen and oxygen atoms in total. The van der Waals surface area contributed by atoms with Crippen LogP contribution in [0.4, 0.5) is 4.79 Å². The molecule has 0 rings (SSSR count). The van der Waals surface area contributed by atoms with Gasteiger partial charge in [-0.05, 0) is 0 Å². The average molecular weight is 215 g/mol. The fourth-order valence-electron chi connectivity index (χ4n) is 0.104. The minimum absolute atomic E-state index is 0. The number of carbonyl (C=O) groups excluding carboxylic acids is 1. The van der Waals surface area contributed by atoms with Gasteiger partial charge in [0.15, 0.2) is 0 Å². The van der Waals surface area contributed by atoms with Crippen molar-refractivity contribution in [2.45, 2.75) is 0 Å². The largest absolute Gasteiger partial charge is 2.00 e. The van der Waals surface area contributed by atoms with E-state index in [2.05, 4.69) is 10.4 Å². The monoisotopic (exact) mass is 215 g/mol. The van der Waals surface area contributed by atoms with E-state index in [1.54, 1.807) is 0 Å². The van der Waals surface area contributed by atoms with Crippen molar-refractivity contribution in [3.05, 3.63) is 0 Å². The van der Waals surface area contributed by atoms with E-state index in [0.717, 1.165) is 0 Å². The van der Waals surface area contributed by atoms with Crippen molar-refractivity contribution < 1.29 is 26.6 Å². The summed E-state index contributed by atoms with van der Waals surface area (Å²) in [5, 5.41) is 0. The molecular formula is CH10CaN3O5P. The SMILES string of the molecule is N.NC(=O)NOP(=O)(O)O.[Ca+2].[H-].[H-]. The number of amides is 2. The number of nitrogens with one attached hydrogen (secondary N) is 1. The Morgan fingerprint density at radius 1 is 1.64 bits per heavy atom. The predicted molar refractivity (Wildman–Crippen MR) is 38.8 cm³/mol. The van der Waals surface area contributed by atoms with Crippen LogP contribution in [-0.2, 0) is 9.19 Å². The summed E-state index contributed by atoms with van der Waals surface area (Å²) in [4.78, 5) is 25.5. The summed E-state index contributed by atoms with van der Waals surface area (Å²) in [5.74, 6) is 0. The fourth-order valence-corrected chi connectivity index (χ4v) is 0.313. The van der Waals surface area contributed by atoms with Gasteiger partial charge < -0.3 is 24.5 Å². The van der Waals surface area contributed by atoms with Gasteiger partial charge in [-0.25, -0.2) is 14.8 Å². The van der Waals surface area contributed by atoms with Gasteiger partial charge in [0.25, 0.3) is 0 Å². The smallest absolute Gasteiger partial charge is 1.00 e. The van der Waals surface area contributed by atoms with Crippen LogP contribution in [0.1, 0.15) is 2.85 Å². The molecule has 0 atom stereocenters. The first-order valence-electron chi connectivity index (χ1n) is 1.71. The topological polar surface area (TPSA) is 157 Å². The van der Waals surface area contributed by atoms with Crippen molar-refractivity contribution in [2.24, 2.45) is 5.73 Å². The van der Waals surface area contributed by atoms with Crippen LogP contribution in [0, 0.1) is 0 Å². The van der Waals surface area contributed by atoms with Crippen molar-refractivity contribution in [3.8, 4) is 0 Å². The summed E-state index contributed by atoms with van der Waals surface area (Å²) in [6, 6.07) is -1.17. The van der Waals surface area contributed by atoms with Gasteiger partial charge in [0.2, 0.25) is 0 Å². The van der Waals surface area contributed by atoms with Crippen LogP contribution in [-0.4, -0.2) is 53.6 Å². The second-order valence-corrected chi connectivity index (χ2v) is 2.21. The van der Waals surface area contributed by atoms with E-state index in [1.807, 2.05) is 0 Å². The molecule has 0 saturated carbocycles. The first kappa shape index (κ1) is 17.6. The van der Waals surface area contributed by atoms with Gasteiger partial charge in [-0.15, -0.1) is 0 Å². The van der Waals surface area contributed by atoms with Gasteiger partial charge in [0.05, 0.1) is 0 Å². The summed E-state index contributed by atoms with van der Waals surface area (Å²) in [5.41, 5.74) is 5.64. The Morgan fingerprint density at radius 3 is 2.09 bits per heavy atom. The number of hydrogen-bond acceptors (Lipinski definition) is 4. The van der Waals surface area contributed by atoms with Crippen LogP contribution in [0.3, 0.4) is 0 Å². The molecule has 0 saturated heterocycles. The van der Waals surface area contributed by atoms with E-state index in [9.17, 15) is 9.36 Å². The second-order valence-electron chi connectivity index (χ2n) is 1.05. The third-order valence-corrected chi connectivity index (χ3v) is 0.594. The molecule has 0 heterocycles. The fraction of sp³-hybridized carbons (Fsp3) is 0. The van der Waals surface area contributed by atoms with Gasteiger partial charge >= 0.3 is 51.6 Å². The molecule has 0 aromatic rings. The van der Waals surface area contributed by atoms with Gasteiger partial charge in [-0.1, -0.05) is 0 Å². The third kappa shape index (κ3) is 18.0. The molecule has 8 N–H and O–H groups in total. The van der Waals surface area contributed by atoms with E-state index in [1.165, 1.54) is 5.48 Å². The number of urea groups is 1. The first-order valence-corrected chi connectivity index (χ1v) is 3.24. The molecule has 0 fully saturated rings. The number of hydrogen-bond donors (Lipinski definition) is 5. The number of nitrogens with two attached hydrogens (primary N) is 1.